The molecule has 2 aromatic carbocycles. The van der Waals surface area contributed by atoms with Crippen molar-refractivity contribution in [2.24, 2.45) is 5.14 Å². The molecule has 1 fully saturated rings. The highest BCUT2D eigenvalue weighted by Gasteiger charge is 2.20. The molecule has 1 saturated heterocycles. The third kappa shape index (κ3) is 5.22. The quantitative estimate of drug-likeness (QED) is 0.747. The molecule has 2 aromatic rings. The van der Waals surface area contributed by atoms with Crippen molar-refractivity contribution >= 4 is 27.3 Å². The smallest absolute Gasteiger partial charge is 0.238 e. The summed E-state index contributed by atoms with van der Waals surface area (Å²) < 4.78 is 27.8. The second-order valence-electron chi connectivity index (χ2n) is 6.58. The Kier molecular flexibility index (Phi) is 6.18. The maximum absolute atomic E-state index is 12.3. The number of amides is 1. The lowest BCUT2D eigenvalue weighted by Crippen LogP contribution is -2.48. The van der Waals surface area contributed by atoms with Gasteiger partial charge in [-0.2, -0.15) is 0 Å². The topological polar surface area (TPSA) is 105 Å². The summed E-state index contributed by atoms with van der Waals surface area (Å²) in [6.07, 6.45) is 0. The van der Waals surface area contributed by atoms with Crippen LogP contribution in [0.25, 0.3) is 0 Å². The first kappa shape index (κ1) is 20.1. The molecule has 0 radical (unpaired) electrons. The van der Waals surface area contributed by atoms with Crippen molar-refractivity contribution in [3.05, 3.63) is 48.5 Å². The fraction of sp³-hybridized carbons (Fsp3) is 0.316. The van der Waals surface area contributed by atoms with Gasteiger partial charge >= 0.3 is 0 Å². The number of carbonyl (C=O) groups excluding carboxylic acids is 1. The molecule has 1 heterocycles. The molecular formula is C19H24N4O4S. The first-order chi connectivity index (χ1) is 13.3. The number of hydrogen-bond acceptors (Lipinski definition) is 6. The lowest BCUT2D eigenvalue weighted by atomic mass is 10.2. The molecule has 0 saturated carbocycles. The van der Waals surface area contributed by atoms with Crippen LogP contribution >= 0.6 is 0 Å². The molecule has 0 unspecified atom stereocenters. The summed E-state index contributed by atoms with van der Waals surface area (Å²) in [4.78, 5) is 16.6. The molecule has 0 bridgehead atoms. The summed E-state index contributed by atoms with van der Waals surface area (Å²) in [5, 5.41) is 8.01. The number of rotatable bonds is 6. The summed E-state index contributed by atoms with van der Waals surface area (Å²) in [6, 6.07) is 13.8. The SMILES string of the molecule is COc1cccc(NC(=O)CN2CCN(c3ccc(S(N)(=O)=O)cc3)CC2)c1. The van der Waals surface area contributed by atoms with E-state index in [0.29, 0.717) is 18.0 Å². The molecule has 0 aliphatic carbocycles. The van der Waals surface area contributed by atoms with Crippen LogP contribution in [0.15, 0.2) is 53.4 Å². The number of anilines is 2. The first-order valence-electron chi connectivity index (χ1n) is 8.89. The number of sulfonamides is 1. The van der Waals surface area contributed by atoms with Crippen LogP contribution in [0.1, 0.15) is 0 Å². The van der Waals surface area contributed by atoms with Gasteiger partial charge in [-0.05, 0) is 36.4 Å². The molecule has 8 nitrogen and oxygen atoms in total. The Labute approximate surface area is 164 Å². The maximum atomic E-state index is 12.3. The number of nitrogens with zero attached hydrogens (tertiary/aromatic N) is 2. The zero-order valence-corrected chi connectivity index (χ0v) is 16.5. The monoisotopic (exact) mass is 404 g/mol. The van der Waals surface area contributed by atoms with Gasteiger partial charge in [0.15, 0.2) is 0 Å². The van der Waals surface area contributed by atoms with Crippen LogP contribution in [-0.4, -0.2) is 59.1 Å². The van der Waals surface area contributed by atoms with E-state index in [1.54, 1.807) is 25.3 Å². The Bertz CT molecular complexity index is 923. The number of carbonyl (C=O) groups is 1. The fourth-order valence-corrected chi connectivity index (χ4v) is 3.63. The summed E-state index contributed by atoms with van der Waals surface area (Å²) in [7, 11) is -2.10. The second kappa shape index (κ2) is 8.59. The van der Waals surface area contributed by atoms with Crippen LogP contribution < -0.4 is 20.1 Å². The zero-order chi connectivity index (χ0) is 20.1. The maximum Gasteiger partial charge on any atom is 0.238 e. The van der Waals surface area contributed by atoms with Crippen LogP contribution in [0.3, 0.4) is 0 Å². The highest BCUT2D eigenvalue weighted by molar-refractivity contribution is 7.89. The lowest BCUT2D eigenvalue weighted by molar-refractivity contribution is -0.117. The number of nitrogens with two attached hydrogens (primary N) is 1. The minimum Gasteiger partial charge on any atom is -0.497 e. The summed E-state index contributed by atoms with van der Waals surface area (Å²) >= 11 is 0. The molecule has 0 atom stereocenters. The van der Waals surface area contributed by atoms with Gasteiger partial charge in [-0.1, -0.05) is 6.07 Å². The van der Waals surface area contributed by atoms with Gasteiger partial charge in [0.1, 0.15) is 5.75 Å². The van der Waals surface area contributed by atoms with E-state index in [1.165, 1.54) is 12.1 Å². The van der Waals surface area contributed by atoms with E-state index in [9.17, 15) is 13.2 Å². The molecular weight excluding hydrogens is 380 g/mol. The standard InChI is InChI=1S/C19H24N4O4S/c1-27-17-4-2-3-15(13-17)21-19(24)14-22-9-11-23(12-10-22)16-5-7-18(8-6-16)28(20,25)26/h2-8,13H,9-12,14H2,1H3,(H,21,24)(H2,20,25,26). The molecule has 1 aliphatic rings. The predicted octanol–water partition coefficient (Wildman–Crippen LogP) is 1.10. The normalized spacial score (nSPS) is 15.3. The Morgan fingerprint density at radius 2 is 1.79 bits per heavy atom. The largest absolute Gasteiger partial charge is 0.497 e. The number of primary sulfonamides is 1. The third-order valence-electron chi connectivity index (χ3n) is 4.62. The minimum absolute atomic E-state index is 0.0702. The van der Waals surface area contributed by atoms with E-state index in [4.69, 9.17) is 9.88 Å². The second-order valence-corrected chi connectivity index (χ2v) is 8.14. The van der Waals surface area contributed by atoms with Crippen LogP contribution in [0.4, 0.5) is 11.4 Å². The van der Waals surface area contributed by atoms with Crippen molar-refractivity contribution < 1.29 is 17.9 Å². The van der Waals surface area contributed by atoms with Gasteiger partial charge < -0.3 is 15.0 Å². The van der Waals surface area contributed by atoms with Crippen molar-refractivity contribution in [3.8, 4) is 5.75 Å². The van der Waals surface area contributed by atoms with Gasteiger partial charge in [-0.25, -0.2) is 13.6 Å². The van der Waals surface area contributed by atoms with Crippen LogP contribution in [0, 0.1) is 0 Å². The molecule has 9 heteroatoms. The minimum atomic E-state index is -3.68. The van der Waals surface area contributed by atoms with E-state index < -0.39 is 10.0 Å². The van der Waals surface area contributed by atoms with Crippen molar-refractivity contribution in [2.75, 3.05) is 50.1 Å². The number of piperazine rings is 1. The van der Waals surface area contributed by atoms with Crippen LogP contribution in [-0.2, 0) is 14.8 Å². The van der Waals surface area contributed by atoms with Gasteiger partial charge in [-0.3, -0.25) is 9.69 Å². The van der Waals surface area contributed by atoms with Gasteiger partial charge in [0.25, 0.3) is 0 Å². The lowest BCUT2D eigenvalue weighted by Gasteiger charge is -2.35. The fourth-order valence-electron chi connectivity index (χ4n) is 3.12. The van der Waals surface area contributed by atoms with E-state index in [2.05, 4.69) is 15.1 Å². The highest BCUT2D eigenvalue weighted by atomic mass is 32.2. The average molecular weight is 404 g/mol. The predicted molar refractivity (Wildman–Crippen MR) is 108 cm³/mol. The van der Waals surface area contributed by atoms with Gasteiger partial charge in [-0.15, -0.1) is 0 Å². The molecule has 1 amide bonds. The average Bonchev–Trinajstić information content (AvgIpc) is 2.68. The summed E-state index contributed by atoms with van der Waals surface area (Å²) in [5.41, 5.74) is 1.64. The zero-order valence-electron chi connectivity index (χ0n) is 15.7. The molecule has 0 aromatic heterocycles. The molecule has 3 rings (SSSR count). The van der Waals surface area contributed by atoms with Crippen LogP contribution in [0.5, 0.6) is 5.75 Å². The molecule has 150 valence electrons. The Morgan fingerprint density at radius 1 is 1.11 bits per heavy atom. The third-order valence-corrected chi connectivity index (χ3v) is 5.55. The highest BCUT2D eigenvalue weighted by Crippen LogP contribution is 2.19. The van der Waals surface area contributed by atoms with E-state index >= 15 is 0 Å². The Balaban J connectivity index is 1.50. The number of hydrogen-bond donors (Lipinski definition) is 2. The summed E-state index contributed by atoms with van der Waals surface area (Å²) in [6.45, 7) is 3.29. The summed E-state index contributed by atoms with van der Waals surface area (Å²) in [5.74, 6) is 0.624. The number of methoxy groups -OCH3 is 1. The van der Waals surface area contributed by atoms with Crippen molar-refractivity contribution in [1.29, 1.82) is 0 Å². The number of nitrogens with one attached hydrogen (secondary N) is 1. The first-order valence-corrected chi connectivity index (χ1v) is 10.4. The molecule has 0 spiro atoms. The van der Waals surface area contributed by atoms with Crippen molar-refractivity contribution in [3.63, 3.8) is 0 Å². The Hall–Kier alpha value is -2.62. The molecule has 28 heavy (non-hydrogen) atoms. The van der Waals surface area contributed by atoms with E-state index in [1.807, 2.05) is 18.2 Å². The van der Waals surface area contributed by atoms with Crippen molar-refractivity contribution in [1.82, 2.24) is 4.90 Å². The van der Waals surface area contributed by atoms with Gasteiger partial charge in [0, 0.05) is 43.6 Å². The van der Waals surface area contributed by atoms with Crippen LogP contribution in [0.2, 0.25) is 0 Å². The van der Waals surface area contributed by atoms with Gasteiger partial charge in [0.05, 0.1) is 18.6 Å². The number of benzene rings is 2. The molecule has 3 N–H and O–H groups in total. The van der Waals surface area contributed by atoms with E-state index in [0.717, 1.165) is 31.9 Å². The van der Waals surface area contributed by atoms with Crippen molar-refractivity contribution in [2.45, 2.75) is 4.90 Å². The Morgan fingerprint density at radius 3 is 2.39 bits per heavy atom. The number of ether oxygens (including phenoxy) is 1. The van der Waals surface area contributed by atoms with E-state index in [-0.39, 0.29) is 10.8 Å². The molecule has 1 aliphatic heterocycles. The van der Waals surface area contributed by atoms with Gasteiger partial charge in [0.2, 0.25) is 15.9 Å².